The molecule has 1 aliphatic heterocycles. The molecule has 1 saturated heterocycles. The molecule has 1 atom stereocenters. The number of anilines is 3. The van der Waals surface area contributed by atoms with Crippen molar-refractivity contribution in [3.05, 3.63) is 41.5 Å². The minimum Gasteiger partial charge on any atom is -0.373 e. The van der Waals surface area contributed by atoms with Crippen LogP contribution < -0.4 is 16.0 Å². The number of rotatable bonds is 4. The van der Waals surface area contributed by atoms with Gasteiger partial charge >= 0.3 is 0 Å². The summed E-state index contributed by atoms with van der Waals surface area (Å²) in [7, 11) is 1.85. The van der Waals surface area contributed by atoms with Gasteiger partial charge in [-0.15, -0.1) is 0 Å². The molecule has 1 fully saturated rings. The highest BCUT2D eigenvalue weighted by molar-refractivity contribution is 5.53. The number of nitrogens with two attached hydrogens (primary N) is 1. The maximum Gasteiger partial charge on any atom is 0.223 e. The molecule has 2 aromatic rings. The number of aromatic nitrogens is 2. The summed E-state index contributed by atoms with van der Waals surface area (Å²) in [6.07, 6.45) is 3.42. The third-order valence-corrected chi connectivity index (χ3v) is 4.21. The zero-order chi connectivity index (χ0) is 15.5. The molecule has 5 heteroatoms. The van der Waals surface area contributed by atoms with Crippen molar-refractivity contribution in [3.8, 4) is 0 Å². The topological polar surface area (TPSA) is 67.1 Å². The Labute approximate surface area is 131 Å². The Morgan fingerprint density at radius 3 is 2.95 bits per heavy atom. The first-order valence-corrected chi connectivity index (χ1v) is 7.80. The molecule has 5 nitrogen and oxygen atoms in total. The normalized spacial score (nSPS) is 17.7. The monoisotopic (exact) mass is 297 g/mol. The Morgan fingerprint density at radius 1 is 1.32 bits per heavy atom. The van der Waals surface area contributed by atoms with Crippen molar-refractivity contribution in [1.29, 1.82) is 0 Å². The fraction of sp³-hybridized carbons (Fsp3) is 0.412. The predicted octanol–water partition coefficient (Wildman–Crippen LogP) is 2.62. The summed E-state index contributed by atoms with van der Waals surface area (Å²) in [6, 6.07) is 11.2. The molecule has 0 amide bonds. The fourth-order valence-corrected chi connectivity index (χ4v) is 3.19. The van der Waals surface area contributed by atoms with E-state index in [1.54, 1.807) is 0 Å². The van der Waals surface area contributed by atoms with Crippen molar-refractivity contribution in [2.45, 2.75) is 32.2 Å². The Kier molecular flexibility index (Phi) is 4.13. The number of nitrogens with one attached hydrogen (secondary N) is 1. The Bertz CT molecular complexity index is 655. The van der Waals surface area contributed by atoms with Crippen LogP contribution in [-0.2, 0) is 6.42 Å². The van der Waals surface area contributed by atoms with E-state index in [-0.39, 0.29) is 0 Å². The summed E-state index contributed by atoms with van der Waals surface area (Å²) in [6.45, 7) is 3.16. The Hall–Kier alpha value is -2.30. The largest absolute Gasteiger partial charge is 0.373 e. The van der Waals surface area contributed by atoms with E-state index in [1.165, 1.54) is 24.0 Å². The van der Waals surface area contributed by atoms with Crippen LogP contribution in [0.4, 0.5) is 17.6 Å². The minimum atomic E-state index is 0.322. The van der Waals surface area contributed by atoms with Crippen molar-refractivity contribution in [3.63, 3.8) is 0 Å². The Morgan fingerprint density at radius 2 is 2.18 bits per heavy atom. The van der Waals surface area contributed by atoms with Crippen molar-refractivity contribution >= 4 is 17.6 Å². The molecule has 3 rings (SSSR count). The number of hydrogen-bond donors (Lipinski definition) is 2. The highest BCUT2D eigenvalue weighted by Crippen LogP contribution is 2.28. The maximum absolute atomic E-state index is 5.83. The molecule has 116 valence electrons. The second-order valence-electron chi connectivity index (χ2n) is 5.90. The summed E-state index contributed by atoms with van der Waals surface area (Å²) in [5.41, 5.74) is 8.52. The van der Waals surface area contributed by atoms with Crippen LogP contribution >= 0.6 is 0 Å². The van der Waals surface area contributed by atoms with Gasteiger partial charge in [0.2, 0.25) is 5.95 Å². The summed E-state index contributed by atoms with van der Waals surface area (Å²) >= 11 is 0. The SMILES string of the molecule is CNc1cc(N2CCCC2Cc2cccc(C)c2)nc(N)n1. The van der Waals surface area contributed by atoms with Gasteiger partial charge in [-0.05, 0) is 31.7 Å². The van der Waals surface area contributed by atoms with Crippen LogP contribution in [0.2, 0.25) is 0 Å². The molecular formula is C17H23N5. The number of nitrogens with zero attached hydrogens (tertiary/aromatic N) is 3. The average Bonchev–Trinajstić information content (AvgIpc) is 2.94. The van der Waals surface area contributed by atoms with Gasteiger partial charge in [-0.1, -0.05) is 29.8 Å². The van der Waals surface area contributed by atoms with E-state index in [1.807, 2.05) is 13.1 Å². The minimum absolute atomic E-state index is 0.322. The lowest BCUT2D eigenvalue weighted by atomic mass is 10.0. The molecule has 0 saturated carbocycles. The molecule has 0 bridgehead atoms. The van der Waals surface area contributed by atoms with E-state index in [9.17, 15) is 0 Å². The lowest BCUT2D eigenvalue weighted by Gasteiger charge is -2.26. The van der Waals surface area contributed by atoms with Gasteiger partial charge in [0.05, 0.1) is 0 Å². The van der Waals surface area contributed by atoms with Crippen molar-refractivity contribution < 1.29 is 0 Å². The molecule has 22 heavy (non-hydrogen) atoms. The lowest BCUT2D eigenvalue weighted by molar-refractivity contribution is 0.657. The second kappa shape index (κ2) is 6.22. The van der Waals surface area contributed by atoms with Gasteiger partial charge in [-0.2, -0.15) is 9.97 Å². The number of nitrogen functional groups attached to an aromatic ring is 1. The predicted molar refractivity (Wildman–Crippen MR) is 91.2 cm³/mol. The summed E-state index contributed by atoms with van der Waals surface area (Å²) in [5, 5.41) is 3.05. The van der Waals surface area contributed by atoms with Gasteiger partial charge in [0.15, 0.2) is 0 Å². The first kappa shape index (κ1) is 14.6. The van der Waals surface area contributed by atoms with Gasteiger partial charge in [0.1, 0.15) is 11.6 Å². The van der Waals surface area contributed by atoms with Crippen LogP contribution in [0.1, 0.15) is 24.0 Å². The zero-order valence-electron chi connectivity index (χ0n) is 13.2. The van der Waals surface area contributed by atoms with Crippen LogP contribution in [0.15, 0.2) is 30.3 Å². The molecule has 1 aliphatic rings. The van der Waals surface area contributed by atoms with E-state index in [0.717, 1.165) is 24.6 Å². The maximum atomic E-state index is 5.83. The molecule has 0 radical (unpaired) electrons. The van der Waals surface area contributed by atoms with Crippen LogP contribution in [0.3, 0.4) is 0 Å². The van der Waals surface area contributed by atoms with E-state index in [0.29, 0.717) is 12.0 Å². The van der Waals surface area contributed by atoms with Gasteiger partial charge < -0.3 is 16.0 Å². The number of hydrogen-bond acceptors (Lipinski definition) is 5. The molecule has 0 aliphatic carbocycles. The lowest BCUT2D eigenvalue weighted by Crippen LogP contribution is -2.32. The van der Waals surface area contributed by atoms with Crippen LogP contribution in [0.5, 0.6) is 0 Å². The van der Waals surface area contributed by atoms with Gasteiger partial charge in [0, 0.05) is 25.7 Å². The average molecular weight is 297 g/mol. The van der Waals surface area contributed by atoms with E-state index >= 15 is 0 Å². The van der Waals surface area contributed by atoms with Crippen LogP contribution in [0, 0.1) is 6.92 Å². The van der Waals surface area contributed by atoms with Crippen molar-refractivity contribution in [2.75, 3.05) is 29.5 Å². The van der Waals surface area contributed by atoms with Gasteiger partial charge in [0.25, 0.3) is 0 Å². The van der Waals surface area contributed by atoms with E-state index in [2.05, 4.69) is 51.4 Å². The van der Waals surface area contributed by atoms with Crippen molar-refractivity contribution in [2.24, 2.45) is 0 Å². The fourth-order valence-electron chi connectivity index (χ4n) is 3.19. The van der Waals surface area contributed by atoms with Crippen LogP contribution in [0.25, 0.3) is 0 Å². The molecule has 1 aromatic carbocycles. The molecule has 2 heterocycles. The third-order valence-electron chi connectivity index (χ3n) is 4.21. The summed E-state index contributed by atoms with van der Waals surface area (Å²) in [4.78, 5) is 11.0. The second-order valence-corrected chi connectivity index (χ2v) is 5.90. The van der Waals surface area contributed by atoms with E-state index in [4.69, 9.17) is 5.73 Å². The summed E-state index contributed by atoms with van der Waals surface area (Å²) < 4.78 is 0. The standard InChI is InChI=1S/C17H23N5/c1-12-5-3-6-13(9-12)10-14-7-4-8-22(14)16-11-15(19-2)20-17(18)21-16/h3,5-6,9,11,14H,4,7-8,10H2,1-2H3,(H3,18,19,20,21). The first-order chi connectivity index (χ1) is 10.7. The smallest absolute Gasteiger partial charge is 0.223 e. The highest BCUT2D eigenvalue weighted by atomic mass is 15.3. The Balaban J connectivity index is 1.82. The summed E-state index contributed by atoms with van der Waals surface area (Å²) in [5.74, 6) is 2.01. The quantitative estimate of drug-likeness (QED) is 0.908. The number of benzene rings is 1. The van der Waals surface area contributed by atoms with Crippen LogP contribution in [-0.4, -0.2) is 29.6 Å². The zero-order valence-corrected chi connectivity index (χ0v) is 13.2. The third kappa shape index (κ3) is 3.13. The number of aryl methyl sites for hydroxylation is 1. The molecular weight excluding hydrogens is 274 g/mol. The van der Waals surface area contributed by atoms with E-state index < -0.39 is 0 Å². The first-order valence-electron chi connectivity index (χ1n) is 7.80. The van der Waals surface area contributed by atoms with Gasteiger partial charge in [-0.25, -0.2) is 0 Å². The van der Waals surface area contributed by atoms with Gasteiger partial charge in [-0.3, -0.25) is 0 Å². The molecule has 1 aromatic heterocycles. The molecule has 1 unspecified atom stereocenters. The highest BCUT2D eigenvalue weighted by Gasteiger charge is 2.26. The molecule has 0 spiro atoms. The van der Waals surface area contributed by atoms with Crippen molar-refractivity contribution in [1.82, 2.24) is 9.97 Å². The molecule has 3 N–H and O–H groups in total.